The van der Waals surface area contributed by atoms with E-state index < -0.39 is 10.0 Å². The van der Waals surface area contributed by atoms with E-state index in [9.17, 15) is 13.2 Å². The number of piperazine rings is 1. The molecule has 1 saturated heterocycles. The summed E-state index contributed by atoms with van der Waals surface area (Å²) in [6.07, 6.45) is 4.90. The minimum absolute atomic E-state index is 0.119. The van der Waals surface area contributed by atoms with Crippen LogP contribution in [0.1, 0.15) is 20.9 Å². The Balaban J connectivity index is 1.41. The van der Waals surface area contributed by atoms with Crippen molar-refractivity contribution in [2.45, 2.75) is 6.92 Å². The van der Waals surface area contributed by atoms with Crippen LogP contribution in [0.4, 0.5) is 0 Å². The molecule has 10 heteroatoms. The molecule has 166 valence electrons. The Morgan fingerprint density at radius 1 is 1.12 bits per heavy atom. The summed E-state index contributed by atoms with van der Waals surface area (Å²) in [5, 5.41) is 2.49. The van der Waals surface area contributed by atoms with Crippen LogP contribution in [-0.4, -0.2) is 59.7 Å². The molecule has 3 aromatic rings. The first kappa shape index (κ1) is 22.6. The molecule has 1 fully saturated rings. The highest BCUT2D eigenvalue weighted by molar-refractivity contribution is 7.92. The van der Waals surface area contributed by atoms with Crippen molar-refractivity contribution in [2.24, 2.45) is 0 Å². The van der Waals surface area contributed by atoms with Crippen LogP contribution in [0.15, 0.2) is 54.2 Å². The second-order valence-electron chi connectivity index (χ2n) is 7.26. The van der Waals surface area contributed by atoms with Gasteiger partial charge < -0.3 is 4.90 Å². The SMILES string of the molecule is Cc1nc(-c2ccncc2)sc1C(=O)N1CCN(S(=O)(=O)C=Cc2cccc(Cl)c2)CC1. The number of pyridine rings is 1. The van der Waals surface area contributed by atoms with Gasteiger partial charge in [-0.2, -0.15) is 4.31 Å². The number of aromatic nitrogens is 2. The lowest BCUT2D eigenvalue weighted by molar-refractivity contribution is 0.0702. The number of rotatable bonds is 5. The number of benzene rings is 1. The number of carbonyl (C=O) groups is 1. The first-order valence-electron chi connectivity index (χ1n) is 9.94. The van der Waals surface area contributed by atoms with Crippen molar-refractivity contribution >= 4 is 44.9 Å². The van der Waals surface area contributed by atoms with Crippen molar-refractivity contribution in [2.75, 3.05) is 26.2 Å². The van der Waals surface area contributed by atoms with Gasteiger partial charge in [0.2, 0.25) is 10.0 Å². The fraction of sp³-hybridized carbons (Fsp3) is 0.227. The molecule has 1 aliphatic rings. The first-order valence-corrected chi connectivity index (χ1v) is 12.6. The standard InChI is InChI=1S/C22H21ClN4O3S2/c1-16-20(31-21(25-16)18-5-8-24-9-6-18)22(28)26-10-12-27(13-11-26)32(29,30)14-7-17-3-2-4-19(23)15-17/h2-9,14-15H,10-13H2,1H3. The van der Waals surface area contributed by atoms with Crippen molar-refractivity contribution in [3.05, 3.63) is 75.4 Å². The Labute approximate surface area is 196 Å². The van der Waals surface area contributed by atoms with Gasteiger partial charge in [-0.05, 0) is 42.8 Å². The van der Waals surface area contributed by atoms with Gasteiger partial charge >= 0.3 is 0 Å². The number of aryl methyl sites for hydroxylation is 1. The van der Waals surface area contributed by atoms with Gasteiger partial charge in [0.15, 0.2) is 0 Å². The Hall–Kier alpha value is -2.59. The van der Waals surface area contributed by atoms with E-state index in [0.717, 1.165) is 10.6 Å². The Morgan fingerprint density at radius 3 is 2.53 bits per heavy atom. The topological polar surface area (TPSA) is 83.5 Å². The monoisotopic (exact) mass is 488 g/mol. The summed E-state index contributed by atoms with van der Waals surface area (Å²) >= 11 is 7.29. The summed E-state index contributed by atoms with van der Waals surface area (Å²) in [5.41, 5.74) is 2.29. The normalized spacial score (nSPS) is 15.4. The van der Waals surface area contributed by atoms with Crippen molar-refractivity contribution < 1.29 is 13.2 Å². The maximum atomic E-state index is 13.1. The van der Waals surface area contributed by atoms with Crippen LogP contribution in [0.2, 0.25) is 5.02 Å². The van der Waals surface area contributed by atoms with Crippen LogP contribution >= 0.6 is 22.9 Å². The lowest BCUT2D eigenvalue weighted by Gasteiger charge is -2.33. The molecule has 1 aromatic carbocycles. The summed E-state index contributed by atoms with van der Waals surface area (Å²) in [6, 6.07) is 10.7. The average Bonchev–Trinajstić information content (AvgIpc) is 3.20. The molecule has 0 atom stereocenters. The van der Waals surface area contributed by atoms with E-state index in [2.05, 4.69) is 9.97 Å². The van der Waals surface area contributed by atoms with E-state index >= 15 is 0 Å². The van der Waals surface area contributed by atoms with E-state index in [0.29, 0.717) is 34.2 Å². The molecule has 0 N–H and O–H groups in total. The zero-order chi connectivity index (χ0) is 22.7. The van der Waals surface area contributed by atoms with Crippen molar-refractivity contribution in [1.29, 1.82) is 0 Å². The highest BCUT2D eigenvalue weighted by Gasteiger charge is 2.29. The minimum Gasteiger partial charge on any atom is -0.335 e. The van der Waals surface area contributed by atoms with E-state index in [1.165, 1.54) is 27.1 Å². The molecule has 0 bridgehead atoms. The molecule has 3 heterocycles. The summed E-state index contributed by atoms with van der Waals surface area (Å²) in [6.45, 7) is 2.94. The molecule has 0 aliphatic carbocycles. The van der Waals surface area contributed by atoms with Gasteiger partial charge in [0.05, 0.1) is 5.69 Å². The Kier molecular flexibility index (Phi) is 6.71. The smallest absolute Gasteiger partial charge is 0.265 e. The maximum Gasteiger partial charge on any atom is 0.265 e. The fourth-order valence-corrected chi connectivity index (χ4v) is 5.77. The van der Waals surface area contributed by atoms with Crippen molar-refractivity contribution in [1.82, 2.24) is 19.2 Å². The van der Waals surface area contributed by atoms with Crippen LogP contribution in [0.5, 0.6) is 0 Å². The largest absolute Gasteiger partial charge is 0.335 e. The van der Waals surface area contributed by atoms with E-state index in [1.807, 2.05) is 19.1 Å². The van der Waals surface area contributed by atoms with Crippen LogP contribution in [0.25, 0.3) is 16.6 Å². The summed E-state index contributed by atoms with van der Waals surface area (Å²) in [4.78, 5) is 23.9. The second-order valence-corrected chi connectivity index (χ2v) is 10.5. The van der Waals surface area contributed by atoms with Crippen LogP contribution < -0.4 is 0 Å². The number of halogens is 1. The molecule has 0 radical (unpaired) electrons. The number of sulfonamides is 1. The predicted octanol–water partition coefficient (Wildman–Crippen LogP) is 3.93. The molecular weight excluding hydrogens is 468 g/mol. The average molecular weight is 489 g/mol. The zero-order valence-corrected chi connectivity index (χ0v) is 19.7. The van der Waals surface area contributed by atoms with Gasteiger partial charge in [-0.3, -0.25) is 9.78 Å². The maximum absolute atomic E-state index is 13.1. The van der Waals surface area contributed by atoms with Gasteiger partial charge in [0.1, 0.15) is 9.88 Å². The highest BCUT2D eigenvalue weighted by Crippen LogP contribution is 2.28. The molecule has 0 spiro atoms. The third kappa shape index (κ3) is 5.07. The van der Waals surface area contributed by atoms with Crippen molar-refractivity contribution in [3.63, 3.8) is 0 Å². The molecule has 32 heavy (non-hydrogen) atoms. The molecule has 1 amide bonds. The van der Waals surface area contributed by atoms with E-state index in [4.69, 9.17) is 11.6 Å². The van der Waals surface area contributed by atoms with Crippen LogP contribution in [0.3, 0.4) is 0 Å². The van der Waals surface area contributed by atoms with Gasteiger partial charge in [0, 0.05) is 54.6 Å². The third-order valence-electron chi connectivity index (χ3n) is 5.08. The van der Waals surface area contributed by atoms with Gasteiger partial charge in [-0.25, -0.2) is 13.4 Å². The van der Waals surface area contributed by atoms with E-state index in [1.54, 1.807) is 41.6 Å². The van der Waals surface area contributed by atoms with Gasteiger partial charge in [-0.1, -0.05) is 23.7 Å². The number of thiazole rings is 1. The number of amides is 1. The molecule has 0 unspecified atom stereocenters. The quantitative estimate of drug-likeness (QED) is 0.543. The predicted molar refractivity (Wildman–Crippen MR) is 127 cm³/mol. The van der Waals surface area contributed by atoms with Crippen LogP contribution in [0, 0.1) is 6.92 Å². The van der Waals surface area contributed by atoms with Crippen LogP contribution in [-0.2, 0) is 10.0 Å². The number of hydrogen-bond donors (Lipinski definition) is 0. The second kappa shape index (κ2) is 9.50. The molecular formula is C22H21ClN4O3S2. The fourth-order valence-electron chi connectivity index (χ4n) is 3.36. The van der Waals surface area contributed by atoms with Gasteiger partial charge in [0.25, 0.3) is 5.91 Å². The number of hydrogen-bond acceptors (Lipinski definition) is 6. The Morgan fingerprint density at radius 2 is 1.84 bits per heavy atom. The molecule has 7 nitrogen and oxygen atoms in total. The highest BCUT2D eigenvalue weighted by atomic mass is 35.5. The number of carbonyl (C=O) groups excluding carboxylic acids is 1. The van der Waals surface area contributed by atoms with E-state index in [-0.39, 0.29) is 19.0 Å². The lowest BCUT2D eigenvalue weighted by Crippen LogP contribution is -2.50. The molecule has 1 aliphatic heterocycles. The summed E-state index contributed by atoms with van der Waals surface area (Å²) in [5.74, 6) is -0.119. The Bertz CT molecular complexity index is 1250. The summed E-state index contributed by atoms with van der Waals surface area (Å²) < 4.78 is 26.8. The first-order chi connectivity index (χ1) is 15.3. The third-order valence-corrected chi connectivity index (χ3v) is 8.08. The zero-order valence-electron chi connectivity index (χ0n) is 17.3. The lowest BCUT2D eigenvalue weighted by atomic mass is 10.2. The van der Waals surface area contributed by atoms with Crippen molar-refractivity contribution in [3.8, 4) is 10.6 Å². The molecule has 0 saturated carbocycles. The molecule has 4 rings (SSSR count). The number of nitrogens with zero attached hydrogens (tertiary/aromatic N) is 4. The minimum atomic E-state index is -3.59. The molecule has 2 aromatic heterocycles. The van der Waals surface area contributed by atoms with Gasteiger partial charge in [-0.15, -0.1) is 11.3 Å². The summed E-state index contributed by atoms with van der Waals surface area (Å²) in [7, 11) is -3.59.